The third kappa shape index (κ3) is 5.32. The molecule has 5 heteroatoms. The first-order chi connectivity index (χ1) is 14.8. The van der Waals surface area contributed by atoms with Gasteiger partial charge in [-0.3, -0.25) is 10.1 Å². The van der Waals surface area contributed by atoms with Gasteiger partial charge in [0.15, 0.2) is 5.72 Å². The van der Waals surface area contributed by atoms with E-state index in [1.807, 2.05) is 48.5 Å². The second-order valence-electron chi connectivity index (χ2n) is 8.03. The Bertz CT molecular complexity index is 1030. The van der Waals surface area contributed by atoms with E-state index in [4.69, 9.17) is 10.5 Å². The highest BCUT2D eigenvalue weighted by molar-refractivity contribution is 5.82. The lowest BCUT2D eigenvalue weighted by Gasteiger charge is -2.29. The standard InChI is InChI=1S/C26H30N2O3/c1-18(2)26(30,25(27)29)28-16-20-9-7-13-23(15-20)31-17-22-12-8-14-24(19(22)3)21-10-5-4-6-11-21/h4-15,18,28,30H,16-17H2,1-3H3,(H2,27,29). The topological polar surface area (TPSA) is 84.6 Å². The average Bonchev–Trinajstić information content (AvgIpc) is 2.77. The van der Waals surface area contributed by atoms with Crippen molar-refractivity contribution >= 4 is 5.91 Å². The van der Waals surface area contributed by atoms with E-state index in [0.29, 0.717) is 6.61 Å². The van der Waals surface area contributed by atoms with Crippen LogP contribution in [-0.2, 0) is 17.9 Å². The summed E-state index contributed by atoms with van der Waals surface area (Å²) in [6.07, 6.45) is 0. The first-order valence-electron chi connectivity index (χ1n) is 10.4. The number of nitrogens with two attached hydrogens (primary N) is 1. The van der Waals surface area contributed by atoms with Crippen molar-refractivity contribution in [3.05, 3.63) is 89.5 Å². The van der Waals surface area contributed by atoms with Crippen LogP contribution in [-0.4, -0.2) is 16.7 Å². The minimum Gasteiger partial charge on any atom is -0.489 e. The molecule has 0 saturated carbocycles. The zero-order valence-corrected chi connectivity index (χ0v) is 18.3. The lowest BCUT2D eigenvalue weighted by molar-refractivity contribution is -0.145. The molecular weight excluding hydrogens is 388 g/mol. The smallest absolute Gasteiger partial charge is 0.265 e. The molecule has 3 aromatic rings. The highest BCUT2D eigenvalue weighted by Crippen LogP contribution is 2.26. The van der Waals surface area contributed by atoms with Gasteiger partial charge in [-0.2, -0.15) is 0 Å². The summed E-state index contributed by atoms with van der Waals surface area (Å²) in [6.45, 7) is 6.32. The lowest BCUT2D eigenvalue weighted by Crippen LogP contribution is -2.58. The number of rotatable bonds is 9. The molecule has 0 aliphatic heterocycles. The molecular formula is C26H30N2O3. The van der Waals surface area contributed by atoms with E-state index >= 15 is 0 Å². The van der Waals surface area contributed by atoms with Crippen molar-refractivity contribution in [1.82, 2.24) is 5.32 Å². The predicted molar refractivity (Wildman–Crippen MR) is 123 cm³/mol. The first-order valence-corrected chi connectivity index (χ1v) is 10.4. The second kappa shape index (κ2) is 9.77. The minimum atomic E-state index is -1.76. The Hall–Kier alpha value is -3.15. The van der Waals surface area contributed by atoms with Crippen LogP contribution in [0.5, 0.6) is 5.75 Å². The van der Waals surface area contributed by atoms with Crippen LogP contribution in [0.2, 0.25) is 0 Å². The van der Waals surface area contributed by atoms with Gasteiger partial charge in [0.1, 0.15) is 12.4 Å². The van der Waals surface area contributed by atoms with Gasteiger partial charge in [0.05, 0.1) is 0 Å². The SMILES string of the molecule is Cc1c(COc2cccc(CNC(O)(C(N)=O)C(C)C)c2)cccc1-c1ccccc1. The van der Waals surface area contributed by atoms with E-state index in [2.05, 4.69) is 36.5 Å². The van der Waals surface area contributed by atoms with Crippen molar-refractivity contribution in [3.63, 3.8) is 0 Å². The zero-order chi connectivity index (χ0) is 22.4. The van der Waals surface area contributed by atoms with Gasteiger partial charge in [0.2, 0.25) is 0 Å². The molecule has 0 bridgehead atoms. The molecule has 0 saturated heterocycles. The van der Waals surface area contributed by atoms with Gasteiger partial charge in [-0.15, -0.1) is 0 Å². The van der Waals surface area contributed by atoms with Crippen LogP contribution in [0, 0.1) is 12.8 Å². The quantitative estimate of drug-likeness (QED) is 0.456. The van der Waals surface area contributed by atoms with Crippen molar-refractivity contribution < 1.29 is 14.6 Å². The lowest BCUT2D eigenvalue weighted by atomic mass is 9.97. The fourth-order valence-electron chi connectivity index (χ4n) is 3.49. The van der Waals surface area contributed by atoms with Gasteiger partial charge in [-0.1, -0.05) is 74.5 Å². The molecule has 3 rings (SSSR count). The second-order valence-corrected chi connectivity index (χ2v) is 8.03. The van der Waals surface area contributed by atoms with Gasteiger partial charge in [0, 0.05) is 12.5 Å². The highest BCUT2D eigenvalue weighted by atomic mass is 16.5. The molecule has 31 heavy (non-hydrogen) atoms. The molecule has 0 aliphatic rings. The molecule has 1 amide bonds. The van der Waals surface area contributed by atoms with E-state index in [1.54, 1.807) is 13.8 Å². The number of amides is 1. The van der Waals surface area contributed by atoms with Gasteiger partial charge in [-0.25, -0.2) is 0 Å². The van der Waals surface area contributed by atoms with Crippen LogP contribution >= 0.6 is 0 Å². The monoisotopic (exact) mass is 418 g/mol. The Morgan fingerprint density at radius 1 is 1.06 bits per heavy atom. The van der Waals surface area contributed by atoms with Crippen LogP contribution in [0.15, 0.2) is 72.8 Å². The largest absolute Gasteiger partial charge is 0.489 e. The van der Waals surface area contributed by atoms with Crippen LogP contribution < -0.4 is 15.8 Å². The summed E-state index contributed by atoms with van der Waals surface area (Å²) in [7, 11) is 0. The predicted octanol–water partition coefficient (Wildman–Crippen LogP) is 4.16. The number of aliphatic hydroxyl groups is 1. The van der Waals surface area contributed by atoms with E-state index in [1.165, 1.54) is 16.7 Å². The summed E-state index contributed by atoms with van der Waals surface area (Å²) in [5.41, 5.74) is 9.18. The van der Waals surface area contributed by atoms with Crippen molar-refractivity contribution in [3.8, 4) is 16.9 Å². The van der Waals surface area contributed by atoms with Crippen LogP contribution in [0.25, 0.3) is 11.1 Å². The number of carbonyl (C=O) groups is 1. The molecule has 0 aliphatic carbocycles. The number of carbonyl (C=O) groups excluding carboxylic acids is 1. The zero-order valence-electron chi connectivity index (χ0n) is 18.3. The summed E-state index contributed by atoms with van der Waals surface area (Å²) in [5.74, 6) is -0.427. The molecule has 0 radical (unpaired) electrons. The van der Waals surface area contributed by atoms with Gasteiger partial charge < -0.3 is 15.6 Å². The Balaban J connectivity index is 1.69. The Morgan fingerprint density at radius 2 is 1.77 bits per heavy atom. The summed E-state index contributed by atoms with van der Waals surface area (Å²) in [5, 5.41) is 13.4. The molecule has 0 spiro atoms. The van der Waals surface area contributed by atoms with Gasteiger partial charge >= 0.3 is 0 Å². The fraction of sp³-hybridized carbons (Fsp3) is 0.269. The highest BCUT2D eigenvalue weighted by Gasteiger charge is 2.36. The van der Waals surface area contributed by atoms with Crippen LogP contribution in [0.3, 0.4) is 0 Å². The van der Waals surface area contributed by atoms with Crippen molar-refractivity contribution in [1.29, 1.82) is 0 Å². The van der Waals surface area contributed by atoms with E-state index in [0.717, 1.165) is 16.9 Å². The first kappa shape index (κ1) is 22.5. The normalized spacial score (nSPS) is 13.1. The maximum atomic E-state index is 11.7. The summed E-state index contributed by atoms with van der Waals surface area (Å²) >= 11 is 0. The van der Waals surface area contributed by atoms with Crippen molar-refractivity contribution in [2.75, 3.05) is 0 Å². The molecule has 0 aromatic heterocycles. The molecule has 0 heterocycles. The van der Waals surface area contributed by atoms with E-state index in [9.17, 15) is 9.90 Å². The van der Waals surface area contributed by atoms with Crippen molar-refractivity contribution in [2.45, 2.75) is 39.6 Å². The Morgan fingerprint density at radius 3 is 2.45 bits per heavy atom. The number of benzene rings is 3. The number of hydrogen-bond acceptors (Lipinski definition) is 4. The Labute approximate surface area is 183 Å². The molecule has 162 valence electrons. The van der Waals surface area contributed by atoms with Gasteiger partial charge in [0.25, 0.3) is 5.91 Å². The number of primary amides is 1. The van der Waals surface area contributed by atoms with Crippen LogP contribution in [0.4, 0.5) is 0 Å². The third-order valence-electron chi connectivity index (χ3n) is 5.60. The van der Waals surface area contributed by atoms with Crippen molar-refractivity contribution in [2.24, 2.45) is 11.7 Å². The van der Waals surface area contributed by atoms with E-state index < -0.39 is 11.6 Å². The maximum absolute atomic E-state index is 11.7. The Kier molecular flexibility index (Phi) is 7.10. The number of nitrogens with one attached hydrogen (secondary N) is 1. The molecule has 4 N–H and O–H groups in total. The van der Waals surface area contributed by atoms with Gasteiger partial charge in [-0.05, 0) is 46.9 Å². The molecule has 5 nitrogen and oxygen atoms in total. The summed E-state index contributed by atoms with van der Waals surface area (Å²) in [6, 6.07) is 24.1. The summed E-state index contributed by atoms with van der Waals surface area (Å²) < 4.78 is 6.05. The minimum absolute atomic E-state index is 0.289. The maximum Gasteiger partial charge on any atom is 0.265 e. The number of hydrogen-bond donors (Lipinski definition) is 3. The third-order valence-corrected chi connectivity index (χ3v) is 5.60. The molecule has 3 aromatic carbocycles. The molecule has 1 atom stereocenters. The fourth-order valence-corrected chi connectivity index (χ4v) is 3.49. The molecule has 1 unspecified atom stereocenters. The molecule has 0 fully saturated rings. The summed E-state index contributed by atoms with van der Waals surface area (Å²) in [4.78, 5) is 11.7. The average molecular weight is 419 g/mol. The number of ether oxygens (including phenoxy) is 1. The van der Waals surface area contributed by atoms with Crippen LogP contribution in [0.1, 0.15) is 30.5 Å². The van der Waals surface area contributed by atoms with E-state index in [-0.39, 0.29) is 12.5 Å².